The van der Waals surface area contributed by atoms with Crippen LogP contribution in [-0.4, -0.2) is 26.4 Å². The molecular weight excluding hydrogens is 378 g/mol. The lowest BCUT2D eigenvalue weighted by Gasteiger charge is -2.15. The summed E-state index contributed by atoms with van der Waals surface area (Å²) in [5.41, 5.74) is 2.03. The zero-order valence-corrected chi connectivity index (χ0v) is 18.3. The van der Waals surface area contributed by atoms with E-state index in [-0.39, 0.29) is 22.5 Å². The Bertz CT molecular complexity index is 1190. The van der Waals surface area contributed by atoms with Gasteiger partial charge in [-0.3, -0.25) is 19.4 Å². The average Bonchev–Trinajstić information content (AvgIpc) is 2.71. The molecule has 3 aromatic rings. The number of nitrogens with one attached hydrogen (secondary N) is 2. The number of carbonyl (C=O) groups is 1. The van der Waals surface area contributed by atoms with Crippen molar-refractivity contribution < 1.29 is 4.79 Å². The molecule has 0 bridgehead atoms. The van der Waals surface area contributed by atoms with Gasteiger partial charge in [0.25, 0.3) is 11.5 Å². The van der Waals surface area contributed by atoms with Gasteiger partial charge < -0.3 is 9.88 Å². The number of rotatable bonds is 8. The van der Waals surface area contributed by atoms with E-state index in [0.717, 1.165) is 31.2 Å². The fourth-order valence-corrected chi connectivity index (χ4v) is 3.58. The second-order valence-corrected chi connectivity index (χ2v) is 8.26. The Kier molecular flexibility index (Phi) is 6.70. The van der Waals surface area contributed by atoms with Gasteiger partial charge in [0.2, 0.25) is 0 Å². The molecule has 0 atom stereocenters. The van der Waals surface area contributed by atoms with Gasteiger partial charge in [0.05, 0.1) is 10.9 Å². The molecule has 160 valence electrons. The largest absolute Gasteiger partial charge is 0.352 e. The number of amides is 1. The first-order valence-corrected chi connectivity index (χ1v) is 10.7. The molecule has 1 amide bonds. The highest BCUT2D eigenvalue weighted by Crippen LogP contribution is 2.14. The summed E-state index contributed by atoms with van der Waals surface area (Å²) in [7, 11) is 0. The number of pyridine rings is 2. The Morgan fingerprint density at radius 1 is 1.23 bits per heavy atom. The topological polar surface area (TPSA) is 92.2 Å². The highest BCUT2D eigenvalue weighted by molar-refractivity contribution is 5.96. The van der Waals surface area contributed by atoms with Crippen molar-refractivity contribution in [2.45, 2.75) is 59.9 Å². The van der Waals surface area contributed by atoms with Crippen LogP contribution in [0.15, 0.2) is 29.2 Å². The molecule has 0 fully saturated rings. The standard InChI is InChI=1S/C23H31N5O2/c1-5-6-7-8-11-27-19(24)17(22(29)25-14-15(2)3)13-18-21(27)26-20-16(4)10-9-12-28(20)23(18)30/h9-10,12-13,15,24H,5-8,11,14H2,1-4H3,(H,25,29). The van der Waals surface area contributed by atoms with Crippen LogP contribution in [0.2, 0.25) is 0 Å². The highest BCUT2D eigenvalue weighted by atomic mass is 16.1. The van der Waals surface area contributed by atoms with Gasteiger partial charge in [-0.1, -0.05) is 46.1 Å². The summed E-state index contributed by atoms with van der Waals surface area (Å²) in [5, 5.41) is 11.9. The van der Waals surface area contributed by atoms with Gasteiger partial charge in [-0.15, -0.1) is 0 Å². The lowest BCUT2D eigenvalue weighted by atomic mass is 10.1. The SMILES string of the molecule is CCCCCCn1c(=N)c(C(=O)NCC(C)C)cc2c(=O)n3cccc(C)c3nc21. The van der Waals surface area contributed by atoms with Crippen molar-refractivity contribution in [1.82, 2.24) is 19.3 Å². The summed E-state index contributed by atoms with van der Waals surface area (Å²) >= 11 is 0. The van der Waals surface area contributed by atoms with Crippen molar-refractivity contribution in [2.75, 3.05) is 6.54 Å². The molecule has 0 radical (unpaired) electrons. The summed E-state index contributed by atoms with van der Waals surface area (Å²) in [4.78, 5) is 30.8. The summed E-state index contributed by atoms with van der Waals surface area (Å²) in [5.74, 6) is -0.0318. The van der Waals surface area contributed by atoms with Crippen molar-refractivity contribution in [3.8, 4) is 0 Å². The molecular formula is C23H31N5O2. The van der Waals surface area contributed by atoms with Crippen LogP contribution in [0.1, 0.15) is 62.4 Å². The molecule has 30 heavy (non-hydrogen) atoms. The third-order valence-electron chi connectivity index (χ3n) is 5.28. The summed E-state index contributed by atoms with van der Waals surface area (Å²) in [6, 6.07) is 5.25. The molecule has 0 aliphatic carbocycles. The zero-order chi connectivity index (χ0) is 21.8. The van der Waals surface area contributed by atoms with Crippen LogP contribution >= 0.6 is 0 Å². The van der Waals surface area contributed by atoms with E-state index in [0.29, 0.717) is 35.7 Å². The van der Waals surface area contributed by atoms with Crippen LogP contribution < -0.4 is 16.4 Å². The van der Waals surface area contributed by atoms with E-state index < -0.39 is 0 Å². The molecule has 3 rings (SSSR count). The predicted molar refractivity (Wildman–Crippen MR) is 119 cm³/mol. The number of hydrogen-bond donors (Lipinski definition) is 2. The van der Waals surface area contributed by atoms with Gasteiger partial charge in [-0.05, 0) is 37.0 Å². The molecule has 7 nitrogen and oxygen atoms in total. The van der Waals surface area contributed by atoms with E-state index in [1.807, 2.05) is 32.9 Å². The molecule has 0 aliphatic rings. The monoisotopic (exact) mass is 409 g/mol. The number of carbonyl (C=O) groups excluding carboxylic acids is 1. The third kappa shape index (κ3) is 4.30. The van der Waals surface area contributed by atoms with E-state index in [9.17, 15) is 9.59 Å². The molecule has 3 heterocycles. The van der Waals surface area contributed by atoms with Crippen LogP contribution in [0.5, 0.6) is 0 Å². The maximum absolute atomic E-state index is 13.2. The second-order valence-electron chi connectivity index (χ2n) is 8.26. The molecule has 0 aromatic carbocycles. The van der Waals surface area contributed by atoms with Crippen LogP contribution in [0.25, 0.3) is 16.7 Å². The van der Waals surface area contributed by atoms with Gasteiger partial charge in [-0.25, -0.2) is 4.98 Å². The number of nitrogens with zero attached hydrogens (tertiary/aromatic N) is 3. The van der Waals surface area contributed by atoms with Crippen molar-refractivity contribution in [3.63, 3.8) is 0 Å². The van der Waals surface area contributed by atoms with E-state index in [4.69, 9.17) is 10.4 Å². The molecule has 2 N–H and O–H groups in total. The second kappa shape index (κ2) is 9.24. The number of hydrogen-bond acceptors (Lipinski definition) is 4. The van der Waals surface area contributed by atoms with Crippen LogP contribution in [0.4, 0.5) is 0 Å². The fourth-order valence-electron chi connectivity index (χ4n) is 3.58. The lowest BCUT2D eigenvalue weighted by Crippen LogP contribution is -2.36. The van der Waals surface area contributed by atoms with Crippen molar-refractivity contribution in [1.29, 1.82) is 5.41 Å². The van der Waals surface area contributed by atoms with Gasteiger partial charge in [0, 0.05) is 19.3 Å². The Hall–Kier alpha value is -2.96. The minimum absolute atomic E-state index is 0.102. The third-order valence-corrected chi connectivity index (χ3v) is 5.28. The smallest absolute Gasteiger partial charge is 0.267 e. The maximum atomic E-state index is 13.2. The average molecular weight is 410 g/mol. The lowest BCUT2D eigenvalue weighted by molar-refractivity contribution is 0.0946. The van der Waals surface area contributed by atoms with Crippen LogP contribution in [0.3, 0.4) is 0 Å². The Morgan fingerprint density at radius 3 is 2.70 bits per heavy atom. The van der Waals surface area contributed by atoms with E-state index in [2.05, 4.69) is 12.2 Å². The summed E-state index contributed by atoms with van der Waals surface area (Å²) in [6.45, 7) is 9.15. The van der Waals surface area contributed by atoms with Crippen molar-refractivity contribution in [2.24, 2.45) is 5.92 Å². The molecule has 0 saturated carbocycles. The summed E-state index contributed by atoms with van der Waals surface area (Å²) < 4.78 is 3.24. The number of aryl methyl sites for hydroxylation is 2. The molecule has 7 heteroatoms. The van der Waals surface area contributed by atoms with E-state index in [1.54, 1.807) is 10.8 Å². The Labute approximate surface area is 176 Å². The van der Waals surface area contributed by atoms with Crippen molar-refractivity contribution >= 4 is 22.6 Å². The van der Waals surface area contributed by atoms with Crippen LogP contribution in [0, 0.1) is 18.3 Å². The van der Waals surface area contributed by atoms with E-state index in [1.165, 1.54) is 10.5 Å². The maximum Gasteiger partial charge on any atom is 0.267 e. The number of fused-ring (bicyclic) bond motifs is 2. The van der Waals surface area contributed by atoms with Gasteiger partial charge in [0.15, 0.2) is 0 Å². The molecule has 3 aromatic heterocycles. The quantitative estimate of drug-likeness (QED) is 0.441. The summed E-state index contributed by atoms with van der Waals surface area (Å²) in [6.07, 6.45) is 5.81. The first-order chi connectivity index (χ1) is 14.3. The zero-order valence-electron chi connectivity index (χ0n) is 18.3. The number of aromatic nitrogens is 3. The van der Waals surface area contributed by atoms with Crippen LogP contribution in [-0.2, 0) is 6.54 Å². The molecule has 0 spiro atoms. The highest BCUT2D eigenvalue weighted by Gasteiger charge is 2.18. The van der Waals surface area contributed by atoms with Gasteiger partial charge >= 0.3 is 0 Å². The minimum atomic E-state index is -0.327. The molecule has 0 saturated heterocycles. The van der Waals surface area contributed by atoms with Crippen molar-refractivity contribution in [3.05, 3.63) is 51.4 Å². The minimum Gasteiger partial charge on any atom is -0.352 e. The van der Waals surface area contributed by atoms with Gasteiger partial charge in [0.1, 0.15) is 16.8 Å². The first kappa shape index (κ1) is 21.7. The van der Waals surface area contributed by atoms with E-state index >= 15 is 0 Å². The predicted octanol–water partition coefficient (Wildman–Crippen LogP) is 3.40. The number of unbranched alkanes of at least 4 members (excludes halogenated alkanes) is 3. The molecule has 0 aliphatic heterocycles. The van der Waals surface area contributed by atoms with Gasteiger partial charge in [-0.2, -0.15) is 0 Å². The normalized spacial score (nSPS) is 11.5. The fraction of sp³-hybridized carbons (Fsp3) is 0.478. The molecule has 0 unspecified atom stereocenters. The first-order valence-electron chi connectivity index (χ1n) is 10.7. The Balaban J connectivity index is 2.23. The Morgan fingerprint density at radius 2 is 2.00 bits per heavy atom.